The molecule has 4 nitrogen and oxygen atoms in total. The average molecular weight is 328 g/mol. The first-order valence-corrected chi connectivity index (χ1v) is 9.00. The summed E-state index contributed by atoms with van der Waals surface area (Å²) in [4.78, 5) is 14.2. The van der Waals surface area contributed by atoms with Gasteiger partial charge in [0.1, 0.15) is 5.75 Å². The molecule has 1 aliphatic carbocycles. The maximum Gasteiger partial charge on any atom is 0.225 e. The molecule has 0 spiro atoms. The molecule has 130 valence electrons. The van der Waals surface area contributed by atoms with Crippen LogP contribution in [0.4, 0.5) is 0 Å². The average Bonchev–Trinajstić information content (AvgIpc) is 3.44. The smallest absolute Gasteiger partial charge is 0.225 e. The summed E-state index contributed by atoms with van der Waals surface area (Å²) in [5.74, 6) is 2.12. The van der Waals surface area contributed by atoms with Gasteiger partial charge in [-0.1, -0.05) is 37.3 Å². The summed E-state index contributed by atoms with van der Waals surface area (Å²) in [5.41, 5.74) is 1.10. The van der Waals surface area contributed by atoms with Crippen molar-refractivity contribution in [1.29, 1.82) is 0 Å². The van der Waals surface area contributed by atoms with Crippen LogP contribution >= 0.6 is 0 Å². The summed E-state index contributed by atoms with van der Waals surface area (Å²) in [6.07, 6.45) is 7.48. The molecular formula is C20H28N2O2. The Balaban J connectivity index is 1.45. The van der Waals surface area contributed by atoms with Crippen LogP contribution in [0.15, 0.2) is 30.3 Å². The highest BCUT2D eigenvalue weighted by molar-refractivity contribution is 5.81. The lowest BCUT2D eigenvalue weighted by Crippen LogP contribution is -2.50. The van der Waals surface area contributed by atoms with E-state index >= 15 is 0 Å². The van der Waals surface area contributed by atoms with Gasteiger partial charge in [-0.25, -0.2) is 0 Å². The van der Waals surface area contributed by atoms with Gasteiger partial charge in [0.2, 0.25) is 5.91 Å². The number of likely N-dealkylation sites (tertiary alicyclic amines) is 1. The van der Waals surface area contributed by atoms with Crippen molar-refractivity contribution in [3.63, 3.8) is 0 Å². The predicted molar refractivity (Wildman–Crippen MR) is 96.9 cm³/mol. The van der Waals surface area contributed by atoms with Gasteiger partial charge in [0.15, 0.2) is 0 Å². The standard InChI is InChI=1S/C20H28N2O2/c1-15-14-22(20(23)17-9-10-17)13-11-18(15)21-12-5-7-16-6-3-4-8-19(16)24-2/h3-8,15,17-18,21H,9-14H2,1-2H3/b7-5+. The number of nitrogens with zero attached hydrogens (tertiary/aromatic N) is 1. The first-order chi connectivity index (χ1) is 11.7. The van der Waals surface area contributed by atoms with Crippen molar-refractivity contribution < 1.29 is 9.53 Å². The third-order valence-corrected chi connectivity index (χ3v) is 5.08. The number of nitrogens with one attached hydrogen (secondary N) is 1. The number of hydrogen-bond acceptors (Lipinski definition) is 3. The molecule has 1 aromatic rings. The van der Waals surface area contributed by atoms with Crippen LogP contribution in [-0.2, 0) is 4.79 Å². The molecule has 0 radical (unpaired) electrons. The number of carbonyl (C=O) groups is 1. The first kappa shape index (κ1) is 17.0. The monoisotopic (exact) mass is 328 g/mol. The van der Waals surface area contributed by atoms with Crippen LogP contribution in [0, 0.1) is 11.8 Å². The minimum absolute atomic E-state index is 0.338. The predicted octanol–water partition coefficient (Wildman–Crippen LogP) is 2.95. The van der Waals surface area contributed by atoms with Crippen molar-refractivity contribution in [2.75, 3.05) is 26.7 Å². The van der Waals surface area contributed by atoms with E-state index in [1.165, 1.54) is 0 Å². The minimum Gasteiger partial charge on any atom is -0.496 e. The van der Waals surface area contributed by atoms with Crippen molar-refractivity contribution in [1.82, 2.24) is 10.2 Å². The van der Waals surface area contributed by atoms with E-state index in [2.05, 4.69) is 35.4 Å². The summed E-state index contributed by atoms with van der Waals surface area (Å²) < 4.78 is 5.36. The Labute approximate surface area is 144 Å². The van der Waals surface area contributed by atoms with Gasteiger partial charge in [0, 0.05) is 37.2 Å². The zero-order chi connectivity index (χ0) is 16.9. The highest BCUT2D eigenvalue weighted by atomic mass is 16.5. The number of methoxy groups -OCH3 is 1. The highest BCUT2D eigenvalue weighted by Crippen LogP contribution is 2.32. The van der Waals surface area contributed by atoms with E-state index in [1.807, 2.05) is 18.2 Å². The van der Waals surface area contributed by atoms with Crippen LogP contribution in [0.25, 0.3) is 6.08 Å². The molecule has 1 amide bonds. The van der Waals surface area contributed by atoms with E-state index in [0.29, 0.717) is 23.8 Å². The first-order valence-electron chi connectivity index (χ1n) is 9.00. The fourth-order valence-electron chi connectivity index (χ4n) is 3.45. The Kier molecular flexibility index (Phi) is 5.56. The number of hydrogen-bond donors (Lipinski definition) is 1. The fraction of sp³-hybridized carbons (Fsp3) is 0.550. The second-order valence-corrected chi connectivity index (χ2v) is 6.98. The fourth-order valence-corrected chi connectivity index (χ4v) is 3.45. The van der Waals surface area contributed by atoms with Crippen LogP contribution in [-0.4, -0.2) is 43.6 Å². The van der Waals surface area contributed by atoms with E-state index in [-0.39, 0.29) is 0 Å². The molecule has 1 saturated heterocycles. The van der Waals surface area contributed by atoms with Gasteiger partial charge in [-0.3, -0.25) is 4.79 Å². The molecule has 1 heterocycles. The van der Waals surface area contributed by atoms with Crippen LogP contribution in [0.2, 0.25) is 0 Å². The lowest BCUT2D eigenvalue weighted by Gasteiger charge is -2.37. The van der Waals surface area contributed by atoms with Gasteiger partial charge in [0.05, 0.1) is 7.11 Å². The van der Waals surface area contributed by atoms with Gasteiger partial charge < -0.3 is 15.0 Å². The van der Waals surface area contributed by atoms with Gasteiger partial charge >= 0.3 is 0 Å². The van der Waals surface area contributed by atoms with Crippen molar-refractivity contribution >= 4 is 12.0 Å². The molecule has 1 N–H and O–H groups in total. The van der Waals surface area contributed by atoms with Crippen molar-refractivity contribution in [2.45, 2.75) is 32.2 Å². The summed E-state index contributed by atoms with van der Waals surface area (Å²) in [5, 5.41) is 3.62. The highest BCUT2D eigenvalue weighted by Gasteiger charge is 2.36. The number of rotatable bonds is 6. The normalized spacial score (nSPS) is 24.3. The van der Waals surface area contributed by atoms with E-state index in [1.54, 1.807) is 7.11 Å². The number of benzene rings is 1. The number of para-hydroxylation sites is 1. The molecule has 1 saturated carbocycles. The third-order valence-electron chi connectivity index (χ3n) is 5.08. The molecule has 3 rings (SSSR count). The van der Waals surface area contributed by atoms with E-state index in [9.17, 15) is 4.79 Å². The molecule has 1 aliphatic heterocycles. The summed E-state index contributed by atoms with van der Waals surface area (Å²) in [7, 11) is 1.70. The van der Waals surface area contributed by atoms with E-state index in [0.717, 1.165) is 50.2 Å². The number of piperidine rings is 1. The Morgan fingerprint density at radius 2 is 2.12 bits per heavy atom. The Morgan fingerprint density at radius 1 is 1.33 bits per heavy atom. The molecule has 0 bridgehead atoms. The summed E-state index contributed by atoms with van der Waals surface area (Å²) >= 11 is 0. The SMILES string of the molecule is COc1ccccc1/C=C/CNC1CCN(C(=O)C2CC2)CC1C. The van der Waals surface area contributed by atoms with E-state index in [4.69, 9.17) is 4.74 Å². The van der Waals surface area contributed by atoms with Gasteiger partial charge in [-0.05, 0) is 31.2 Å². The van der Waals surface area contributed by atoms with E-state index < -0.39 is 0 Å². The molecule has 2 unspecified atom stereocenters. The molecule has 2 fully saturated rings. The second-order valence-electron chi connectivity index (χ2n) is 6.98. The van der Waals surface area contributed by atoms with Gasteiger partial charge in [-0.2, -0.15) is 0 Å². The van der Waals surface area contributed by atoms with Crippen molar-refractivity contribution in [2.24, 2.45) is 11.8 Å². The molecule has 0 aromatic heterocycles. The summed E-state index contributed by atoms with van der Waals surface area (Å²) in [6, 6.07) is 8.51. The maximum absolute atomic E-state index is 12.2. The van der Waals surface area contributed by atoms with Crippen LogP contribution < -0.4 is 10.1 Å². The van der Waals surface area contributed by atoms with Crippen molar-refractivity contribution in [3.05, 3.63) is 35.9 Å². The Hall–Kier alpha value is -1.81. The molecule has 2 aliphatic rings. The quantitative estimate of drug-likeness (QED) is 0.873. The van der Waals surface area contributed by atoms with Crippen molar-refractivity contribution in [3.8, 4) is 5.75 Å². The lowest BCUT2D eigenvalue weighted by atomic mass is 9.93. The summed E-state index contributed by atoms with van der Waals surface area (Å²) in [6.45, 7) is 4.87. The zero-order valence-corrected chi connectivity index (χ0v) is 14.7. The topological polar surface area (TPSA) is 41.6 Å². The van der Waals surface area contributed by atoms with Crippen LogP contribution in [0.3, 0.4) is 0 Å². The van der Waals surface area contributed by atoms with Gasteiger partial charge in [0.25, 0.3) is 0 Å². The minimum atomic E-state index is 0.338. The maximum atomic E-state index is 12.2. The van der Waals surface area contributed by atoms with Crippen LogP contribution in [0.5, 0.6) is 5.75 Å². The third kappa shape index (κ3) is 4.18. The molecule has 1 aromatic carbocycles. The zero-order valence-electron chi connectivity index (χ0n) is 14.7. The number of amides is 1. The Bertz CT molecular complexity index is 595. The second kappa shape index (κ2) is 7.84. The molecule has 24 heavy (non-hydrogen) atoms. The Morgan fingerprint density at radius 3 is 2.83 bits per heavy atom. The van der Waals surface area contributed by atoms with Crippen LogP contribution in [0.1, 0.15) is 31.7 Å². The number of ether oxygens (including phenoxy) is 1. The lowest BCUT2D eigenvalue weighted by molar-refractivity contribution is -0.134. The molecular weight excluding hydrogens is 300 g/mol. The number of carbonyl (C=O) groups excluding carboxylic acids is 1. The largest absolute Gasteiger partial charge is 0.496 e. The molecule has 4 heteroatoms. The molecule has 2 atom stereocenters. The van der Waals surface area contributed by atoms with Gasteiger partial charge in [-0.15, -0.1) is 0 Å².